The zero-order valence-corrected chi connectivity index (χ0v) is 36.4. The Hall–Kier alpha value is -0.840. The number of hydrogen-bond acceptors (Lipinski definition) is 3. The van der Waals surface area contributed by atoms with Gasteiger partial charge in [-0.1, -0.05) is 161 Å². The van der Waals surface area contributed by atoms with Crippen molar-refractivity contribution < 1.29 is 14.7 Å². The predicted molar refractivity (Wildman–Crippen MR) is 232 cm³/mol. The van der Waals surface area contributed by atoms with E-state index in [0.29, 0.717) is 19.4 Å². The summed E-state index contributed by atoms with van der Waals surface area (Å²) in [5.41, 5.74) is 0.939. The van der Waals surface area contributed by atoms with Crippen LogP contribution in [0.2, 0.25) is 0 Å². The van der Waals surface area contributed by atoms with Gasteiger partial charge in [0.2, 0.25) is 11.8 Å². The van der Waals surface area contributed by atoms with Gasteiger partial charge >= 0.3 is 0 Å². The first-order valence-electron chi connectivity index (χ1n) is 20.8. The number of unbranched alkanes of at least 4 members (excludes halogenated alkanes) is 24. The summed E-state index contributed by atoms with van der Waals surface area (Å²) in [7, 11) is 0. The van der Waals surface area contributed by atoms with Crippen LogP contribution in [-0.4, -0.2) is 29.5 Å². The number of hydrogen-bond donors (Lipinski definition) is 3. The fourth-order valence-electron chi connectivity index (χ4n) is 6.46. The lowest BCUT2D eigenvalue weighted by molar-refractivity contribution is -0.129. The molecule has 0 aliphatic carbocycles. The fourth-order valence-corrected chi connectivity index (χ4v) is 8.36. The third-order valence-electron chi connectivity index (χ3n) is 9.66. The van der Waals surface area contributed by atoms with Crippen molar-refractivity contribution in [1.82, 2.24) is 10.6 Å². The predicted octanol–water partition coefficient (Wildman–Crippen LogP) is 13.3. The van der Waals surface area contributed by atoms with Crippen molar-refractivity contribution in [3.63, 3.8) is 0 Å². The number of halogens is 2. The van der Waals surface area contributed by atoms with E-state index in [2.05, 4.69) is 81.8 Å². The Morgan fingerprint density at radius 1 is 0.620 bits per heavy atom. The number of benzene rings is 1. The molecular weight excluding hydrogens is 846 g/mol. The van der Waals surface area contributed by atoms with Gasteiger partial charge in [0, 0.05) is 19.4 Å². The molecule has 7 heteroatoms. The highest BCUT2D eigenvalue weighted by molar-refractivity contribution is 14.1. The second-order valence-electron chi connectivity index (χ2n) is 14.5. The van der Waals surface area contributed by atoms with E-state index in [-0.39, 0.29) is 17.6 Å². The van der Waals surface area contributed by atoms with Gasteiger partial charge in [0.15, 0.2) is 0 Å². The summed E-state index contributed by atoms with van der Waals surface area (Å²) in [6.07, 6.45) is 39.8. The lowest BCUT2D eigenvalue weighted by Crippen LogP contribution is -2.48. The Bertz CT molecular complexity index is 993. The van der Waals surface area contributed by atoms with Crippen LogP contribution in [0.3, 0.4) is 0 Å². The van der Waals surface area contributed by atoms with Crippen LogP contribution in [-0.2, 0) is 16.0 Å². The van der Waals surface area contributed by atoms with Gasteiger partial charge in [-0.25, -0.2) is 0 Å². The molecule has 1 aromatic rings. The summed E-state index contributed by atoms with van der Waals surface area (Å²) in [5.74, 6) is 0.0973. The van der Waals surface area contributed by atoms with Crippen molar-refractivity contribution in [3.8, 4) is 5.75 Å². The number of carbonyl (C=O) groups excluding carboxylic acids is 2. The minimum Gasteiger partial charge on any atom is -0.506 e. The van der Waals surface area contributed by atoms with Gasteiger partial charge in [0.25, 0.3) is 0 Å². The Labute approximate surface area is 335 Å². The van der Waals surface area contributed by atoms with Crippen molar-refractivity contribution in [2.24, 2.45) is 0 Å². The van der Waals surface area contributed by atoms with Crippen LogP contribution >= 0.6 is 45.2 Å². The molecule has 5 nitrogen and oxygen atoms in total. The molecular formula is C43H74I2N2O3. The molecule has 0 aliphatic rings. The maximum atomic E-state index is 13.3. The van der Waals surface area contributed by atoms with E-state index >= 15 is 0 Å². The number of aromatic hydroxyl groups is 1. The molecule has 0 heterocycles. The van der Waals surface area contributed by atoms with Crippen LogP contribution in [0.1, 0.15) is 199 Å². The highest BCUT2D eigenvalue weighted by Gasteiger charge is 2.22. The molecule has 0 aromatic heterocycles. The third-order valence-corrected chi connectivity index (χ3v) is 11.3. The third kappa shape index (κ3) is 26.9. The standard InChI is InChI=1S/C43H74I2N2O3/c1-3-5-7-9-11-13-15-17-19-20-22-24-26-28-30-32-41(48)47-40(36-37-34-38(44)42(49)39(45)35-37)43(50)46-33-31-29-27-25-23-21-18-16-14-12-10-8-6-4-2/h17,19,34-35,40,49H,3-16,18,20-33,36H2,1-2H3,(H,46,50)(H,47,48)/b19-17+. The van der Waals surface area contributed by atoms with Crippen molar-refractivity contribution in [3.05, 3.63) is 37.0 Å². The molecule has 1 rings (SSSR count). The second kappa shape index (κ2) is 34.0. The fraction of sp³-hybridized carbons (Fsp3) is 0.767. The number of phenols is 1. The molecule has 0 saturated heterocycles. The van der Waals surface area contributed by atoms with Crippen molar-refractivity contribution >= 4 is 57.0 Å². The molecule has 1 unspecified atom stereocenters. The highest BCUT2D eigenvalue weighted by atomic mass is 127. The first-order valence-corrected chi connectivity index (χ1v) is 22.9. The molecule has 288 valence electrons. The average molecular weight is 921 g/mol. The van der Waals surface area contributed by atoms with Gasteiger partial charge < -0.3 is 15.7 Å². The Balaban J connectivity index is 2.30. The lowest BCUT2D eigenvalue weighted by atomic mass is 10.0. The van der Waals surface area contributed by atoms with Crippen LogP contribution in [0.25, 0.3) is 0 Å². The largest absolute Gasteiger partial charge is 0.506 e. The monoisotopic (exact) mass is 920 g/mol. The number of amides is 2. The van der Waals surface area contributed by atoms with Crippen LogP contribution in [0, 0.1) is 7.14 Å². The van der Waals surface area contributed by atoms with Gasteiger partial charge in [-0.2, -0.15) is 0 Å². The average Bonchev–Trinajstić information content (AvgIpc) is 3.10. The van der Waals surface area contributed by atoms with Crippen molar-refractivity contribution in [1.29, 1.82) is 0 Å². The molecule has 0 radical (unpaired) electrons. The number of carbonyl (C=O) groups is 2. The minimum atomic E-state index is -0.617. The molecule has 0 saturated carbocycles. The molecule has 0 fully saturated rings. The van der Waals surface area contributed by atoms with E-state index < -0.39 is 6.04 Å². The van der Waals surface area contributed by atoms with E-state index in [1.165, 1.54) is 135 Å². The van der Waals surface area contributed by atoms with Crippen LogP contribution in [0.15, 0.2) is 24.3 Å². The minimum absolute atomic E-state index is 0.0533. The molecule has 0 aliphatic heterocycles. The van der Waals surface area contributed by atoms with Gasteiger partial charge in [-0.3, -0.25) is 9.59 Å². The number of rotatable bonds is 34. The maximum absolute atomic E-state index is 13.3. The SMILES string of the molecule is CCCCCCCC/C=C/CCCCCCCC(=O)NC(Cc1cc(I)c(O)c(I)c1)C(=O)NCCCCCCCCCCCCCCCC. The topological polar surface area (TPSA) is 78.4 Å². The van der Waals surface area contributed by atoms with Gasteiger partial charge in [0.1, 0.15) is 11.8 Å². The second-order valence-corrected chi connectivity index (χ2v) is 16.8. The molecule has 0 spiro atoms. The van der Waals surface area contributed by atoms with Gasteiger partial charge in [-0.05, 0) is 101 Å². The Morgan fingerprint density at radius 2 is 1.02 bits per heavy atom. The Morgan fingerprint density at radius 3 is 1.48 bits per heavy atom. The quantitative estimate of drug-likeness (QED) is 0.0366. The van der Waals surface area contributed by atoms with Gasteiger partial charge in [-0.15, -0.1) is 0 Å². The zero-order valence-electron chi connectivity index (χ0n) is 32.1. The Kier molecular flexibility index (Phi) is 32.0. The zero-order chi connectivity index (χ0) is 36.5. The van der Waals surface area contributed by atoms with Crippen LogP contribution < -0.4 is 10.6 Å². The molecule has 1 aromatic carbocycles. The maximum Gasteiger partial charge on any atom is 0.242 e. The molecule has 3 N–H and O–H groups in total. The molecule has 2 amide bonds. The van der Waals surface area contributed by atoms with E-state index in [9.17, 15) is 14.7 Å². The molecule has 1 atom stereocenters. The highest BCUT2D eigenvalue weighted by Crippen LogP contribution is 2.28. The van der Waals surface area contributed by atoms with Crippen LogP contribution in [0.4, 0.5) is 0 Å². The number of allylic oxidation sites excluding steroid dienone is 2. The molecule has 50 heavy (non-hydrogen) atoms. The first kappa shape index (κ1) is 47.2. The summed E-state index contributed by atoms with van der Waals surface area (Å²) >= 11 is 4.24. The van der Waals surface area contributed by atoms with Crippen LogP contribution in [0.5, 0.6) is 5.75 Å². The van der Waals surface area contributed by atoms with Gasteiger partial charge in [0.05, 0.1) is 7.14 Å². The molecule has 0 bridgehead atoms. The number of phenolic OH excluding ortho intramolecular Hbond substituents is 1. The summed E-state index contributed by atoms with van der Waals surface area (Å²) < 4.78 is 1.51. The summed E-state index contributed by atoms with van der Waals surface area (Å²) in [6, 6.07) is 3.19. The summed E-state index contributed by atoms with van der Waals surface area (Å²) in [6.45, 7) is 5.18. The van der Waals surface area contributed by atoms with E-state index in [1.54, 1.807) is 0 Å². The van der Waals surface area contributed by atoms with Crippen molar-refractivity contribution in [2.75, 3.05) is 6.54 Å². The lowest BCUT2D eigenvalue weighted by Gasteiger charge is -2.19. The van der Waals surface area contributed by atoms with E-state index in [1.807, 2.05) is 12.1 Å². The van der Waals surface area contributed by atoms with E-state index in [0.717, 1.165) is 51.2 Å². The van der Waals surface area contributed by atoms with E-state index in [4.69, 9.17) is 0 Å². The first-order chi connectivity index (χ1) is 24.4. The number of nitrogens with one attached hydrogen (secondary N) is 2. The summed E-state index contributed by atoms with van der Waals surface area (Å²) in [5, 5.41) is 16.4. The van der Waals surface area contributed by atoms with Crippen molar-refractivity contribution in [2.45, 2.75) is 206 Å². The summed E-state index contributed by atoms with van der Waals surface area (Å²) in [4.78, 5) is 26.2. The normalized spacial score (nSPS) is 12.1. The smallest absolute Gasteiger partial charge is 0.242 e.